The summed E-state index contributed by atoms with van der Waals surface area (Å²) in [5.74, 6) is 2.54. The van der Waals surface area contributed by atoms with Crippen molar-refractivity contribution in [1.82, 2.24) is 25.1 Å². The summed E-state index contributed by atoms with van der Waals surface area (Å²) in [5, 5.41) is 10.7. The van der Waals surface area contributed by atoms with Crippen LogP contribution in [0.25, 0.3) is 5.69 Å². The largest absolute Gasteiger partial charge is 0.473 e. The molecule has 0 spiro atoms. The van der Waals surface area contributed by atoms with Crippen LogP contribution in [-0.2, 0) is 6.54 Å². The van der Waals surface area contributed by atoms with E-state index in [2.05, 4.69) is 20.5 Å². The van der Waals surface area contributed by atoms with Crippen molar-refractivity contribution in [2.45, 2.75) is 19.1 Å². The highest BCUT2D eigenvalue weighted by atomic mass is 32.2. The third kappa shape index (κ3) is 4.30. The van der Waals surface area contributed by atoms with Gasteiger partial charge in [-0.15, -0.1) is 10.2 Å². The molecule has 4 rings (SSSR count). The van der Waals surface area contributed by atoms with E-state index in [4.69, 9.17) is 4.74 Å². The van der Waals surface area contributed by atoms with Crippen LogP contribution in [0.5, 0.6) is 5.88 Å². The number of benzene rings is 1. The first-order chi connectivity index (χ1) is 13.7. The number of carbonyl (C=O) groups is 1. The van der Waals surface area contributed by atoms with Crippen LogP contribution in [0, 0.1) is 5.82 Å². The Morgan fingerprint density at radius 3 is 2.86 bits per heavy atom. The molecular weight excluding hydrogens is 381 g/mol. The first kappa shape index (κ1) is 18.4. The predicted molar refractivity (Wildman–Crippen MR) is 103 cm³/mol. The Balaban J connectivity index is 1.37. The van der Waals surface area contributed by atoms with E-state index >= 15 is 0 Å². The van der Waals surface area contributed by atoms with Gasteiger partial charge in [-0.25, -0.2) is 9.37 Å². The van der Waals surface area contributed by atoms with E-state index in [1.807, 2.05) is 11.8 Å². The molecule has 1 aliphatic heterocycles. The molecule has 1 aromatic carbocycles. The van der Waals surface area contributed by atoms with E-state index in [-0.39, 0.29) is 24.4 Å². The zero-order chi connectivity index (χ0) is 19.3. The fraction of sp³-hybridized carbons (Fsp3) is 0.263. The standard InChI is InChI=1S/C19H18FN5O2S/c20-14-2-4-15(5-3-14)25-12-23-24-17(25)10-22-19(26)13-1-6-18(21-9-13)27-16-7-8-28-11-16/h1-6,9,12,16H,7-8,10-11H2,(H,22,26). The molecule has 0 radical (unpaired) electrons. The Morgan fingerprint density at radius 2 is 2.14 bits per heavy atom. The summed E-state index contributed by atoms with van der Waals surface area (Å²) in [6, 6.07) is 9.35. The molecule has 1 N–H and O–H groups in total. The van der Waals surface area contributed by atoms with Gasteiger partial charge in [0.2, 0.25) is 5.88 Å². The molecule has 0 saturated carbocycles. The lowest BCUT2D eigenvalue weighted by Crippen LogP contribution is -2.24. The average molecular weight is 399 g/mol. The first-order valence-corrected chi connectivity index (χ1v) is 9.98. The molecule has 1 fully saturated rings. The minimum absolute atomic E-state index is 0.174. The number of nitrogens with zero attached hydrogens (tertiary/aromatic N) is 4. The maximum absolute atomic E-state index is 13.1. The number of pyridine rings is 1. The van der Waals surface area contributed by atoms with Gasteiger partial charge >= 0.3 is 0 Å². The summed E-state index contributed by atoms with van der Waals surface area (Å²) in [5.41, 5.74) is 1.14. The number of nitrogens with one attached hydrogen (secondary N) is 1. The SMILES string of the molecule is O=C(NCc1nncn1-c1ccc(F)cc1)c1ccc(OC2CCSC2)nc1. The maximum Gasteiger partial charge on any atom is 0.253 e. The second kappa shape index (κ2) is 8.39. The van der Waals surface area contributed by atoms with E-state index in [1.165, 1.54) is 24.7 Å². The Bertz CT molecular complexity index is 940. The molecule has 1 unspecified atom stereocenters. The first-order valence-electron chi connectivity index (χ1n) is 8.82. The van der Waals surface area contributed by atoms with Gasteiger partial charge in [0.1, 0.15) is 18.2 Å². The van der Waals surface area contributed by atoms with Gasteiger partial charge in [-0.3, -0.25) is 9.36 Å². The second-order valence-corrected chi connectivity index (χ2v) is 7.41. The fourth-order valence-electron chi connectivity index (χ4n) is 2.82. The van der Waals surface area contributed by atoms with E-state index in [1.54, 1.807) is 28.8 Å². The number of hydrogen-bond donors (Lipinski definition) is 1. The number of rotatable bonds is 6. The Morgan fingerprint density at radius 1 is 1.29 bits per heavy atom. The van der Waals surface area contributed by atoms with Crippen molar-refractivity contribution in [1.29, 1.82) is 0 Å². The minimum atomic E-state index is -0.321. The number of carbonyl (C=O) groups excluding carboxylic acids is 1. The zero-order valence-corrected chi connectivity index (χ0v) is 15.7. The monoisotopic (exact) mass is 399 g/mol. The summed E-state index contributed by atoms with van der Waals surface area (Å²) in [6.07, 6.45) is 4.22. The number of aromatic nitrogens is 4. The van der Waals surface area contributed by atoms with Crippen LogP contribution in [0.15, 0.2) is 48.9 Å². The van der Waals surface area contributed by atoms with E-state index in [9.17, 15) is 9.18 Å². The molecule has 28 heavy (non-hydrogen) atoms. The quantitative estimate of drug-likeness (QED) is 0.686. The smallest absolute Gasteiger partial charge is 0.253 e. The van der Waals surface area contributed by atoms with Crippen LogP contribution in [-0.4, -0.2) is 43.3 Å². The highest BCUT2D eigenvalue weighted by Gasteiger charge is 2.18. The van der Waals surface area contributed by atoms with Gasteiger partial charge in [0.25, 0.3) is 5.91 Å². The van der Waals surface area contributed by atoms with Crippen molar-refractivity contribution >= 4 is 17.7 Å². The van der Waals surface area contributed by atoms with Gasteiger partial charge in [-0.05, 0) is 42.5 Å². The zero-order valence-electron chi connectivity index (χ0n) is 14.9. The molecule has 0 bridgehead atoms. The Kier molecular flexibility index (Phi) is 5.52. The number of ether oxygens (including phenoxy) is 1. The topological polar surface area (TPSA) is 81.9 Å². The molecule has 9 heteroatoms. The van der Waals surface area contributed by atoms with Crippen LogP contribution < -0.4 is 10.1 Å². The van der Waals surface area contributed by atoms with Crippen LogP contribution in [0.3, 0.4) is 0 Å². The van der Waals surface area contributed by atoms with Crippen molar-refractivity contribution < 1.29 is 13.9 Å². The van der Waals surface area contributed by atoms with E-state index in [0.29, 0.717) is 23.0 Å². The molecule has 3 aromatic rings. The molecule has 1 aliphatic rings. The lowest BCUT2D eigenvalue weighted by Gasteiger charge is -2.11. The highest BCUT2D eigenvalue weighted by Crippen LogP contribution is 2.22. The molecule has 144 valence electrons. The number of thioether (sulfide) groups is 1. The van der Waals surface area contributed by atoms with Crippen LogP contribution in [0.2, 0.25) is 0 Å². The van der Waals surface area contributed by atoms with Crippen molar-refractivity contribution in [3.05, 3.63) is 66.1 Å². The summed E-state index contributed by atoms with van der Waals surface area (Å²) in [7, 11) is 0. The van der Waals surface area contributed by atoms with Crippen molar-refractivity contribution in [2.24, 2.45) is 0 Å². The average Bonchev–Trinajstić information content (AvgIpc) is 3.39. The predicted octanol–water partition coefficient (Wildman–Crippen LogP) is 2.62. The van der Waals surface area contributed by atoms with Gasteiger partial charge in [-0.1, -0.05) is 0 Å². The third-order valence-electron chi connectivity index (χ3n) is 4.30. The molecule has 1 amide bonds. The van der Waals surface area contributed by atoms with Gasteiger partial charge < -0.3 is 10.1 Å². The Labute approximate surface area is 165 Å². The summed E-state index contributed by atoms with van der Waals surface area (Å²) >= 11 is 1.87. The van der Waals surface area contributed by atoms with Crippen molar-refractivity contribution in [3.63, 3.8) is 0 Å². The van der Waals surface area contributed by atoms with Crippen LogP contribution in [0.4, 0.5) is 4.39 Å². The van der Waals surface area contributed by atoms with Gasteiger partial charge in [0, 0.05) is 23.7 Å². The second-order valence-electron chi connectivity index (χ2n) is 6.26. The molecule has 2 aromatic heterocycles. The highest BCUT2D eigenvalue weighted by molar-refractivity contribution is 7.99. The molecule has 1 atom stereocenters. The van der Waals surface area contributed by atoms with Crippen LogP contribution in [0.1, 0.15) is 22.6 Å². The fourth-order valence-corrected chi connectivity index (χ4v) is 3.91. The number of hydrogen-bond acceptors (Lipinski definition) is 6. The summed E-state index contributed by atoms with van der Waals surface area (Å²) in [4.78, 5) is 16.6. The number of halogens is 1. The third-order valence-corrected chi connectivity index (χ3v) is 5.44. The van der Waals surface area contributed by atoms with Crippen LogP contribution >= 0.6 is 11.8 Å². The molecular formula is C19H18FN5O2S. The minimum Gasteiger partial charge on any atom is -0.473 e. The van der Waals surface area contributed by atoms with E-state index < -0.39 is 0 Å². The van der Waals surface area contributed by atoms with Crippen molar-refractivity contribution in [2.75, 3.05) is 11.5 Å². The molecule has 1 saturated heterocycles. The summed E-state index contributed by atoms with van der Waals surface area (Å²) in [6.45, 7) is 0.174. The molecule has 7 nitrogen and oxygen atoms in total. The van der Waals surface area contributed by atoms with Gasteiger partial charge in [0.15, 0.2) is 5.82 Å². The normalized spacial score (nSPS) is 16.1. The van der Waals surface area contributed by atoms with E-state index in [0.717, 1.165) is 17.9 Å². The molecule has 0 aliphatic carbocycles. The lowest BCUT2D eigenvalue weighted by molar-refractivity contribution is 0.0949. The van der Waals surface area contributed by atoms with Gasteiger partial charge in [-0.2, -0.15) is 11.8 Å². The lowest BCUT2D eigenvalue weighted by atomic mass is 10.2. The summed E-state index contributed by atoms with van der Waals surface area (Å²) < 4.78 is 20.6. The maximum atomic E-state index is 13.1. The number of amides is 1. The van der Waals surface area contributed by atoms with Crippen molar-refractivity contribution in [3.8, 4) is 11.6 Å². The van der Waals surface area contributed by atoms with Gasteiger partial charge in [0.05, 0.1) is 12.1 Å². The molecule has 3 heterocycles. The Hall–Kier alpha value is -2.94.